The van der Waals surface area contributed by atoms with Crippen LogP contribution in [0, 0.1) is 0 Å². The van der Waals surface area contributed by atoms with Crippen molar-refractivity contribution in [2.45, 2.75) is 38.4 Å². The Bertz CT molecular complexity index is 276. The van der Waals surface area contributed by atoms with Crippen LogP contribution in [0.4, 0.5) is 4.79 Å². The number of carbonyl (C=O) groups excluding carboxylic acids is 2. The summed E-state index contributed by atoms with van der Waals surface area (Å²) in [7, 11) is 1.55. The fourth-order valence-electron chi connectivity index (χ4n) is 1.60. The third-order valence-electron chi connectivity index (χ3n) is 2.50. The molecule has 0 bridgehead atoms. The van der Waals surface area contributed by atoms with Gasteiger partial charge >= 0.3 is 6.09 Å². The van der Waals surface area contributed by atoms with Crippen molar-refractivity contribution in [3.63, 3.8) is 0 Å². The van der Waals surface area contributed by atoms with Crippen molar-refractivity contribution in [3.05, 3.63) is 0 Å². The molecule has 1 aliphatic heterocycles. The molecule has 5 nitrogen and oxygen atoms in total. The lowest BCUT2D eigenvalue weighted by atomic mass is 9.91. The van der Waals surface area contributed by atoms with Gasteiger partial charge in [0.1, 0.15) is 17.5 Å². The molecular formula is C11H19NO4. The molecule has 1 amide bonds. The van der Waals surface area contributed by atoms with E-state index < -0.39 is 11.2 Å². The molecule has 0 aromatic heterocycles. The van der Waals surface area contributed by atoms with E-state index in [0.717, 1.165) is 6.29 Å². The maximum atomic E-state index is 11.6. The van der Waals surface area contributed by atoms with Crippen LogP contribution in [0.1, 0.15) is 27.2 Å². The molecule has 0 unspecified atom stereocenters. The number of likely N-dealkylation sites (tertiary alicyclic amines) is 1. The smallest absolute Gasteiger partial charge is 0.410 e. The fourth-order valence-corrected chi connectivity index (χ4v) is 1.60. The average molecular weight is 229 g/mol. The Morgan fingerprint density at radius 2 is 2.00 bits per heavy atom. The molecular weight excluding hydrogens is 210 g/mol. The summed E-state index contributed by atoms with van der Waals surface area (Å²) in [6.07, 6.45) is 0.768. The minimum atomic E-state index is -0.501. The molecule has 0 aromatic rings. The Labute approximate surface area is 95.7 Å². The van der Waals surface area contributed by atoms with Gasteiger partial charge in [0, 0.05) is 13.5 Å². The normalized spacial score (nSPS) is 18.9. The third kappa shape index (κ3) is 2.95. The second kappa shape index (κ2) is 4.41. The standard InChI is InChI=1S/C11H19NO4/c1-10(2,3)16-9(14)12-7-11(8-12,15-4)5-6-13/h6H,5,7-8H2,1-4H3. The lowest BCUT2D eigenvalue weighted by Crippen LogP contribution is -2.65. The van der Waals surface area contributed by atoms with Crippen LogP contribution in [0.3, 0.4) is 0 Å². The predicted octanol–water partition coefficient (Wildman–Crippen LogP) is 1.21. The molecule has 5 heteroatoms. The molecule has 0 radical (unpaired) electrons. The summed E-state index contributed by atoms with van der Waals surface area (Å²) in [4.78, 5) is 23.6. The number of carbonyl (C=O) groups is 2. The molecule has 1 heterocycles. The molecule has 0 spiro atoms. The maximum absolute atomic E-state index is 11.6. The number of hydrogen-bond acceptors (Lipinski definition) is 4. The first-order valence-corrected chi connectivity index (χ1v) is 5.29. The number of hydrogen-bond donors (Lipinski definition) is 0. The van der Waals surface area contributed by atoms with E-state index in [1.165, 1.54) is 4.90 Å². The van der Waals surface area contributed by atoms with Crippen molar-refractivity contribution in [2.24, 2.45) is 0 Å². The van der Waals surface area contributed by atoms with Gasteiger partial charge in [0.15, 0.2) is 0 Å². The molecule has 1 fully saturated rings. The number of ether oxygens (including phenoxy) is 2. The summed E-state index contributed by atoms with van der Waals surface area (Å²) in [5.74, 6) is 0. The first-order chi connectivity index (χ1) is 7.32. The van der Waals surface area contributed by atoms with E-state index >= 15 is 0 Å². The lowest BCUT2D eigenvalue weighted by Gasteiger charge is -2.47. The summed E-state index contributed by atoms with van der Waals surface area (Å²) < 4.78 is 10.4. The highest BCUT2D eigenvalue weighted by molar-refractivity contribution is 5.70. The van der Waals surface area contributed by atoms with Crippen LogP contribution in [0.2, 0.25) is 0 Å². The minimum Gasteiger partial charge on any atom is -0.444 e. The molecule has 0 aromatic carbocycles. The van der Waals surface area contributed by atoms with Crippen LogP contribution in [0.25, 0.3) is 0 Å². The van der Waals surface area contributed by atoms with Gasteiger partial charge in [-0.05, 0) is 20.8 Å². The summed E-state index contributed by atoms with van der Waals surface area (Å²) in [5, 5.41) is 0. The Morgan fingerprint density at radius 3 is 2.38 bits per heavy atom. The minimum absolute atomic E-state index is 0.308. The summed E-state index contributed by atoms with van der Waals surface area (Å²) >= 11 is 0. The summed E-state index contributed by atoms with van der Waals surface area (Å²) in [6, 6.07) is 0. The Balaban J connectivity index is 2.45. The molecule has 0 saturated carbocycles. The van der Waals surface area contributed by atoms with Crippen LogP contribution in [-0.2, 0) is 14.3 Å². The zero-order chi connectivity index (χ0) is 12.4. The predicted molar refractivity (Wildman–Crippen MR) is 58.2 cm³/mol. The van der Waals surface area contributed by atoms with Crippen LogP contribution >= 0.6 is 0 Å². The zero-order valence-corrected chi connectivity index (χ0v) is 10.3. The van der Waals surface area contributed by atoms with E-state index in [4.69, 9.17) is 9.47 Å². The molecule has 92 valence electrons. The second-order valence-corrected chi connectivity index (χ2v) is 5.09. The van der Waals surface area contributed by atoms with Gasteiger partial charge in [-0.2, -0.15) is 0 Å². The van der Waals surface area contributed by atoms with Crippen LogP contribution in [0.5, 0.6) is 0 Å². The van der Waals surface area contributed by atoms with Crippen LogP contribution in [0.15, 0.2) is 0 Å². The van der Waals surface area contributed by atoms with E-state index in [1.54, 1.807) is 7.11 Å². The van der Waals surface area contributed by atoms with Gasteiger partial charge in [-0.3, -0.25) is 0 Å². The van der Waals surface area contributed by atoms with Gasteiger partial charge in [0.2, 0.25) is 0 Å². The monoisotopic (exact) mass is 229 g/mol. The second-order valence-electron chi connectivity index (χ2n) is 5.09. The largest absolute Gasteiger partial charge is 0.444 e. The summed E-state index contributed by atoms with van der Waals surface area (Å²) in [5.41, 5.74) is -0.994. The molecule has 1 saturated heterocycles. The number of nitrogens with zero attached hydrogens (tertiary/aromatic N) is 1. The Kier molecular flexibility index (Phi) is 3.57. The van der Waals surface area contributed by atoms with Gasteiger partial charge in [-0.25, -0.2) is 4.79 Å². The number of methoxy groups -OCH3 is 1. The van der Waals surface area contributed by atoms with E-state index in [-0.39, 0.29) is 6.09 Å². The molecule has 1 rings (SSSR count). The van der Waals surface area contributed by atoms with Crippen molar-refractivity contribution >= 4 is 12.4 Å². The number of rotatable bonds is 3. The molecule has 16 heavy (non-hydrogen) atoms. The first kappa shape index (κ1) is 13.0. The zero-order valence-electron chi connectivity index (χ0n) is 10.3. The lowest BCUT2D eigenvalue weighted by molar-refractivity contribution is -0.136. The average Bonchev–Trinajstić information content (AvgIpc) is 2.07. The van der Waals surface area contributed by atoms with Gasteiger partial charge in [0.05, 0.1) is 13.1 Å². The fraction of sp³-hybridized carbons (Fsp3) is 0.818. The van der Waals surface area contributed by atoms with Crippen LogP contribution < -0.4 is 0 Å². The Hall–Kier alpha value is -1.10. The van der Waals surface area contributed by atoms with Crippen molar-refractivity contribution < 1.29 is 19.1 Å². The van der Waals surface area contributed by atoms with E-state index in [0.29, 0.717) is 19.5 Å². The maximum Gasteiger partial charge on any atom is 0.410 e. The highest BCUT2D eigenvalue weighted by Gasteiger charge is 2.46. The van der Waals surface area contributed by atoms with Gasteiger partial charge < -0.3 is 19.2 Å². The quantitative estimate of drug-likeness (QED) is 0.683. The molecule has 0 atom stereocenters. The van der Waals surface area contributed by atoms with Crippen molar-refractivity contribution in [1.29, 1.82) is 0 Å². The van der Waals surface area contributed by atoms with Crippen molar-refractivity contribution in [2.75, 3.05) is 20.2 Å². The number of amides is 1. The van der Waals surface area contributed by atoms with E-state index in [1.807, 2.05) is 20.8 Å². The van der Waals surface area contributed by atoms with E-state index in [2.05, 4.69) is 0 Å². The Morgan fingerprint density at radius 1 is 1.44 bits per heavy atom. The summed E-state index contributed by atoms with van der Waals surface area (Å²) in [6.45, 7) is 6.29. The molecule has 1 aliphatic rings. The van der Waals surface area contributed by atoms with Crippen LogP contribution in [-0.4, -0.2) is 48.7 Å². The molecule has 0 N–H and O–H groups in total. The SMILES string of the molecule is COC1(CC=O)CN(C(=O)OC(C)(C)C)C1. The van der Waals surface area contributed by atoms with E-state index in [9.17, 15) is 9.59 Å². The molecule has 0 aliphatic carbocycles. The van der Waals surface area contributed by atoms with Crippen molar-refractivity contribution in [1.82, 2.24) is 4.90 Å². The topological polar surface area (TPSA) is 55.8 Å². The first-order valence-electron chi connectivity index (χ1n) is 5.29. The van der Waals surface area contributed by atoms with Crippen molar-refractivity contribution in [3.8, 4) is 0 Å². The third-order valence-corrected chi connectivity index (χ3v) is 2.50. The van der Waals surface area contributed by atoms with Gasteiger partial charge in [-0.1, -0.05) is 0 Å². The van der Waals surface area contributed by atoms with Gasteiger partial charge in [-0.15, -0.1) is 0 Å². The highest BCUT2D eigenvalue weighted by atomic mass is 16.6. The highest BCUT2D eigenvalue weighted by Crippen LogP contribution is 2.28. The van der Waals surface area contributed by atoms with Gasteiger partial charge in [0.25, 0.3) is 0 Å². The number of aldehydes is 1.